The number of benzene rings is 11. The van der Waals surface area contributed by atoms with Crippen LogP contribution in [0.3, 0.4) is 0 Å². The van der Waals surface area contributed by atoms with Crippen LogP contribution in [0.25, 0.3) is 59.8 Å². The maximum Gasteiger partial charge on any atom is 0.250 e. The van der Waals surface area contributed by atoms with Gasteiger partial charge in [-0.25, -0.2) is 4.85 Å². The summed E-state index contributed by atoms with van der Waals surface area (Å²) in [5, 5.41) is 16.4. The van der Waals surface area contributed by atoms with Crippen LogP contribution in [-0.2, 0) is 0 Å². The second-order valence-electron chi connectivity index (χ2n) is 20.1. The Labute approximate surface area is 447 Å². The molecule has 6 heterocycles. The highest BCUT2D eigenvalue weighted by Crippen LogP contribution is 2.55. The van der Waals surface area contributed by atoms with Crippen LogP contribution in [0.15, 0.2) is 231 Å². The van der Waals surface area contributed by atoms with Crippen LogP contribution in [0.5, 0.6) is 23.0 Å². The molecule has 11 aromatic carbocycles. The zero-order valence-electron chi connectivity index (χ0n) is 41.5. The highest BCUT2D eigenvalue weighted by molar-refractivity contribution is 7.00. The predicted molar refractivity (Wildman–Crippen MR) is 315 cm³/mol. The normalized spacial score (nSPS) is 13.2. The van der Waals surface area contributed by atoms with Crippen molar-refractivity contribution >= 4 is 124 Å². The molecule has 0 amide bonds. The van der Waals surface area contributed by atoms with Crippen molar-refractivity contribution in [2.75, 3.05) is 14.7 Å². The topological polar surface area (TPSA) is 66.2 Å². The van der Waals surface area contributed by atoms with Crippen LogP contribution in [0.1, 0.15) is 5.56 Å². The number of nitriles is 1. The summed E-state index contributed by atoms with van der Waals surface area (Å²) in [7, 11) is 0. The fourth-order valence-electron chi connectivity index (χ4n) is 13.3. The van der Waals surface area contributed by atoms with Gasteiger partial charge < -0.3 is 33.3 Å². The largest absolute Gasteiger partial charge is 0.453 e. The van der Waals surface area contributed by atoms with Gasteiger partial charge in [0.2, 0.25) is 5.69 Å². The third-order valence-electron chi connectivity index (χ3n) is 16.3. The van der Waals surface area contributed by atoms with Crippen molar-refractivity contribution in [3.8, 4) is 40.4 Å². The molecule has 4 aliphatic rings. The minimum absolute atomic E-state index is 0.282. The van der Waals surface area contributed by atoms with E-state index in [0.717, 1.165) is 140 Å². The molecule has 0 aliphatic carbocycles. The van der Waals surface area contributed by atoms with Gasteiger partial charge in [0.25, 0.3) is 6.71 Å². The monoisotopic (exact) mass is 995 g/mol. The van der Waals surface area contributed by atoms with Crippen molar-refractivity contribution in [1.82, 2.24) is 9.13 Å². The molecule has 2 aromatic heterocycles. The van der Waals surface area contributed by atoms with Gasteiger partial charge >= 0.3 is 0 Å². The number of aromatic nitrogens is 2. The van der Waals surface area contributed by atoms with Crippen molar-refractivity contribution in [1.29, 1.82) is 5.26 Å². The second kappa shape index (κ2) is 15.8. The zero-order valence-corrected chi connectivity index (χ0v) is 41.5. The van der Waals surface area contributed by atoms with E-state index in [4.69, 9.17) is 9.47 Å². The van der Waals surface area contributed by atoms with Gasteiger partial charge in [0.1, 0.15) is 6.07 Å². The molecule has 9 nitrogen and oxygen atoms in total. The Morgan fingerprint density at radius 2 is 0.885 bits per heavy atom. The first-order valence-electron chi connectivity index (χ1n) is 26.1. The van der Waals surface area contributed by atoms with Gasteiger partial charge in [-0.2, -0.15) is 5.26 Å². The summed E-state index contributed by atoms with van der Waals surface area (Å²) in [4.78, 5) is 11.5. The molecular formula is C68H38BN7O2. The highest BCUT2D eigenvalue weighted by Gasteiger charge is 2.46. The first-order valence-corrected chi connectivity index (χ1v) is 26.1. The molecule has 0 radical (unpaired) electrons. The Hall–Kier alpha value is -10.9. The summed E-state index contributed by atoms with van der Waals surface area (Å²) in [5.41, 5.74) is 17.2. The maximum absolute atomic E-state index is 12.3. The first-order chi connectivity index (χ1) is 38.7. The van der Waals surface area contributed by atoms with E-state index in [0.29, 0.717) is 16.9 Å². The van der Waals surface area contributed by atoms with Crippen molar-refractivity contribution in [2.45, 2.75) is 0 Å². The number of hydrogen-bond acceptors (Lipinski definition) is 6. The molecule has 0 saturated carbocycles. The Balaban J connectivity index is 1.03. The molecule has 10 heteroatoms. The molecule has 0 N–H and O–H groups in total. The van der Waals surface area contributed by atoms with Crippen LogP contribution in [0.4, 0.5) is 56.9 Å². The first kappa shape index (κ1) is 42.4. The van der Waals surface area contributed by atoms with E-state index in [9.17, 15) is 11.8 Å². The summed E-state index contributed by atoms with van der Waals surface area (Å²) in [5.74, 6) is 3.02. The lowest BCUT2D eigenvalue weighted by molar-refractivity contribution is 0.477. The van der Waals surface area contributed by atoms with Crippen molar-refractivity contribution < 1.29 is 9.47 Å². The fourth-order valence-corrected chi connectivity index (χ4v) is 13.3. The summed E-state index contributed by atoms with van der Waals surface area (Å²) >= 11 is 0. The zero-order chi connectivity index (χ0) is 51.3. The van der Waals surface area contributed by atoms with Gasteiger partial charge in [0, 0.05) is 49.8 Å². The van der Waals surface area contributed by atoms with E-state index >= 15 is 0 Å². The molecule has 0 fully saturated rings. The molecule has 4 aliphatic heterocycles. The Bertz CT molecular complexity index is 4650. The smallest absolute Gasteiger partial charge is 0.250 e. The Morgan fingerprint density at radius 3 is 1.46 bits per heavy atom. The van der Waals surface area contributed by atoms with Crippen LogP contribution < -0.4 is 40.6 Å². The van der Waals surface area contributed by atoms with Gasteiger partial charge in [0.15, 0.2) is 23.0 Å². The molecule has 17 rings (SSSR count). The standard InChI is InChI=1S/C68H38BN7O2/c1-71-64-67(48(40-70)66-63-68(64)76-51-24-7-5-20-44(51)45-21-17-23-50(65(45)76)69(63)49-22-6-8-25-54(49)74(66)41-18-3-2-4-19-41)75-52-36-34-42(72-55-26-9-13-30-59(55)77-60-31-14-10-27-56(60)72)38-46(52)47-39-43(35-37-53(47)75)73-57-28-11-15-32-61(57)78-62-33-16-12-29-58(62)73/h2-39H. The van der Waals surface area contributed by atoms with Crippen molar-refractivity contribution in [3.63, 3.8) is 0 Å². The minimum atomic E-state index is -0.282. The van der Waals surface area contributed by atoms with Gasteiger partial charge in [0.05, 0.1) is 68.5 Å². The van der Waals surface area contributed by atoms with Gasteiger partial charge in [-0.3, -0.25) is 0 Å². The summed E-state index contributed by atoms with van der Waals surface area (Å²) in [6, 6.07) is 82.6. The number of fused-ring (bicyclic) bond motifs is 14. The van der Waals surface area contributed by atoms with Crippen molar-refractivity contribution in [2.24, 2.45) is 0 Å². The molecule has 0 saturated heterocycles. The number of hydrogen-bond donors (Lipinski definition) is 0. The molecule has 13 aromatic rings. The molecule has 0 spiro atoms. The second-order valence-corrected chi connectivity index (χ2v) is 20.1. The number of nitrogens with zero attached hydrogens (tertiary/aromatic N) is 7. The number of ether oxygens (including phenoxy) is 2. The molecule has 0 bridgehead atoms. The Morgan fingerprint density at radius 1 is 0.397 bits per heavy atom. The highest BCUT2D eigenvalue weighted by atomic mass is 16.5. The summed E-state index contributed by atoms with van der Waals surface area (Å²) in [6.07, 6.45) is 0. The SMILES string of the molecule is [C-]#[N+]c1c(-n2c3ccc(N4c5ccccc5Oc5ccccc54)cc3c3cc(N4c5ccccc5Oc5ccccc54)ccc32)c(C#N)c2c3c1-n1c4ccccc4c4cccc(c41)B3c1ccccc1N2c1ccccc1. The summed E-state index contributed by atoms with van der Waals surface area (Å²) in [6.45, 7) is 9.29. The van der Waals surface area contributed by atoms with Crippen LogP contribution in [0.2, 0.25) is 0 Å². The van der Waals surface area contributed by atoms with E-state index in [2.05, 4.69) is 174 Å². The average molecular weight is 996 g/mol. The number of rotatable bonds is 4. The number of para-hydroxylation sites is 12. The van der Waals surface area contributed by atoms with Gasteiger partial charge in [-0.15, -0.1) is 0 Å². The maximum atomic E-state index is 12.3. The molecule has 78 heavy (non-hydrogen) atoms. The van der Waals surface area contributed by atoms with Crippen molar-refractivity contribution in [3.05, 3.63) is 248 Å². The van der Waals surface area contributed by atoms with Crippen LogP contribution >= 0.6 is 0 Å². The molecule has 0 unspecified atom stereocenters. The molecule has 0 atom stereocenters. The van der Waals surface area contributed by atoms with Gasteiger partial charge in [-0.05, 0) is 126 Å². The fraction of sp³-hybridized carbons (Fsp3) is 0. The summed E-state index contributed by atoms with van der Waals surface area (Å²) < 4.78 is 17.6. The minimum Gasteiger partial charge on any atom is -0.453 e. The molecule has 360 valence electrons. The third-order valence-corrected chi connectivity index (χ3v) is 16.3. The number of anilines is 9. The van der Waals surface area contributed by atoms with E-state index in [1.807, 2.05) is 91.0 Å². The van der Waals surface area contributed by atoms with Crippen LogP contribution in [0, 0.1) is 17.9 Å². The van der Waals surface area contributed by atoms with E-state index in [-0.39, 0.29) is 6.71 Å². The lowest BCUT2D eigenvalue weighted by Gasteiger charge is -2.42. The van der Waals surface area contributed by atoms with Gasteiger partial charge in [-0.1, -0.05) is 121 Å². The molecular weight excluding hydrogens is 958 g/mol. The Kier molecular flexibility index (Phi) is 8.59. The predicted octanol–water partition coefficient (Wildman–Crippen LogP) is 16.1. The van der Waals surface area contributed by atoms with E-state index < -0.39 is 0 Å². The van der Waals surface area contributed by atoms with Crippen LogP contribution in [-0.4, -0.2) is 15.8 Å². The van der Waals surface area contributed by atoms with E-state index in [1.54, 1.807) is 0 Å². The third kappa shape index (κ3) is 5.56. The quantitative estimate of drug-likeness (QED) is 0.129. The van der Waals surface area contributed by atoms with E-state index in [1.165, 1.54) is 0 Å². The lowest BCUT2D eigenvalue weighted by Crippen LogP contribution is -2.60. The average Bonchev–Trinajstić information content (AvgIpc) is 3.39. The lowest BCUT2D eigenvalue weighted by atomic mass is 9.33.